The van der Waals surface area contributed by atoms with E-state index in [1.54, 1.807) is 6.08 Å². The van der Waals surface area contributed by atoms with Gasteiger partial charge in [0.25, 0.3) is 17.1 Å². The van der Waals surface area contributed by atoms with Gasteiger partial charge >= 0.3 is 0 Å². The van der Waals surface area contributed by atoms with Crippen LogP contribution in [0.4, 0.5) is 4.79 Å². The van der Waals surface area contributed by atoms with Gasteiger partial charge in [0.15, 0.2) is 0 Å². The van der Waals surface area contributed by atoms with E-state index in [9.17, 15) is 14.4 Å². The van der Waals surface area contributed by atoms with E-state index < -0.39 is 0 Å². The Morgan fingerprint density at radius 2 is 1.93 bits per heavy atom. The summed E-state index contributed by atoms with van der Waals surface area (Å²) in [7, 11) is 0. The van der Waals surface area contributed by atoms with E-state index in [2.05, 4.69) is 5.32 Å². The van der Waals surface area contributed by atoms with Crippen LogP contribution in [-0.4, -0.2) is 35.0 Å². The Hall–Kier alpha value is -2.38. The number of carbonyl (C=O) groups excluding carboxylic acids is 3. The summed E-state index contributed by atoms with van der Waals surface area (Å²) in [5.41, 5.74) is 3.02. The second-order valence-corrected chi connectivity index (χ2v) is 8.04. The van der Waals surface area contributed by atoms with Crippen molar-refractivity contribution in [3.8, 4) is 0 Å². The van der Waals surface area contributed by atoms with E-state index in [-0.39, 0.29) is 30.1 Å². The third kappa shape index (κ3) is 4.48. The lowest BCUT2D eigenvalue weighted by Crippen LogP contribution is -2.37. The van der Waals surface area contributed by atoms with E-state index in [4.69, 9.17) is 0 Å². The zero-order chi connectivity index (χ0) is 19.4. The Morgan fingerprint density at radius 3 is 2.63 bits per heavy atom. The zero-order valence-corrected chi connectivity index (χ0v) is 16.8. The predicted octanol–water partition coefficient (Wildman–Crippen LogP) is 4.09. The number of amides is 3. The third-order valence-electron chi connectivity index (χ3n) is 4.20. The van der Waals surface area contributed by atoms with Gasteiger partial charge in [-0.25, -0.2) is 0 Å². The van der Waals surface area contributed by atoms with Gasteiger partial charge < -0.3 is 5.32 Å². The van der Waals surface area contributed by atoms with E-state index in [1.165, 1.54) is 16.2 Å². The van der Waals surface area contributed by atoms with Gasteiger partial charge in [0.1, 0.15) is 0 Å². The van der Waals surface area contributed by atoms with Crippen LogP contribution in [0.5, 0.6) is 0 Å². The fraction of sp³-hybridized carbons (Fsp3) is 0.250. The van der Waals surface area contributed by atoms with Crippen LogP contribution in [0.15, 0.2) is 40.6 Å². The normalized spacial score (nSPS) is 15.6. The smallest absolute Gasteiger partial charge is 0.293 e. The van der Waals surface area contributed by atoms with Gasteiger partial charge in [-0.3, -0.25) is 19.3 Å². The van der Waals surface area contributed by atoms with E-state index in [1.807, 2.05) is 49.6 Å². The number of thiophene rings is 1. The number of carbonyl (C=O) groups is 3. The number of nitrogens with zero attached hydrogens (tertiary/aromatic N) is 1. The summed E-state index contributed by atoms with van der Waals surface area (Å²) in [4.78, 5) is 39.2. The molecular weight excluding hydrogens is 380 g/mol. The van der Waals surface area contributed by atoms with Crippen LogP contribution in [0, 0.1) is 6.92 Å². The van der Waals surface area contributed by atoms with Crippen molar-refractivity contribution >= 4 is 46.2 Å². The summed E-state index contributed by atoms with van der Waals surface area (Å²) in [5.74, 6) is -0.478. The molecule has 0 bridgehead atoms. The maximum Gasteiger partial charge on any atom is 0.293 e. The first-order chi connectivity index (χ1) is 13.0. The highest BCUT2D eigenvalue weighted by atomic mass is 32.2. The number of imide groups is 1. The van der Waals surface area contributed by atoms with Crippen molar-refractivity contribution < 1.29 is 14.4 Å². The molecule has 0 unspecified atom stereocenters. The van der Waals surface area contributed by atoms with Gasteiger partial charge in [-0.2, -0.15) is 0 Å². The largest absolute Gasteiger partial charge is 0.350 e. The van der Waals surface area contributed by atoms with Crippen molar-refractivity contribution in [3.63, 3.8) is 0 Å². The maximum absolute atomic E-state index is 12.5. The van der Waals surface area contributed by atoms with Crippen molar-refractivity contribution in [2.75, 3.05) is 13.1 Å². The van der Waals surface area contributed by atoms with Crippen molar-refractivity contribution in [3.05, 3.63) is 62.2 Å². The van der Waals surface area contributed by atoms with Gasteiger partial charge in [0, 0.05) is 13.1 Å². The van der Waals surface area contributed by atoms with Gasteiger partial charge in [-0.15, -0.1) is 11.3 Å². The number of nitrogens with one attached hydrogen (secondary N) is 1. The van der Waals surface area contributed by atoms with Crippen molar-refractivity contribution in [1.82, 2.24) is 10.2 Å². The van der Waals surface area contributed by atoms with E-state index >= 15 is 0 Å². The minimum Gasteiger partial charge on any atom is -0.350 e. The summed E-state index contributed by atoms with van der Waals surface area (Å²) in [6.45, 7) is 4.38. The van der Waals surface area contributed by atoms with Crippen LogP contribution in [-0.2, 0) is 11.2 Å². The summed E-state index contributed by atoms with van der Waals surface area (Å²) >= 11 is 2.33. The molecule has 140 valence electrons. The Kier molecular flexibility index (Phi) is 6.13. The number of aryl methyl sites for hydroxylation is 2. The average Bonchev–Trinajstić information content (AvgIpc) is 3.23. The van der Waals surface area contributed by atoms with Gasteiger partial charge in [-0.1, -0.05) is 36.8 Å². The van der Waals surface area contributed by atoms with Gasteiger partial charge in [0.2, 0.25) is 0 Å². The lowest BCUT2D eigenvalue weighted by atomic mass is 10.1. The first-order valence-electron chi connectivity index (χ1n) is 8.66. The first-order valence-corrected chi connectivity index (χ1v) is 10.4. The molecule has 0 saturated carbocycles. The topological polar surface area (TPSA) is 66.5 Å². The molecule has 2 heterocycles. The SMILES string of the molecule is CCc1ccsc1C(=O)NCCN1C(=O)S/C(=C/c2ccc(C)cc2)C1=O. The van der Waals surface area contributed by atoms with Crippen LogP contribution >= 0.6 is 23.1 Å². The summed E-state index contributed by atoms with van der Waals surface area (Å²) in [5, 5.41) is 4.38. The molecule has 0 atom stereocenters. The van der Waals surface area contributed by atoms with E-state index in [0.29, 0.717) is 9.78 Å². The molecule has 7 heteroatoms. The monoisotopic (exact) mass is 400 g/mol. The van der Waals surface area contributed by atoms with Crippen LogP contribution in [0.2, 0.25) is 0 Å². The van der Waals surface area contributed by atoms with E-state index in [0.717, 1.165) is 34.9 Å². The number of rotatable bonds is 6. The first kappa shape index (κ1) is 19.4. The number of hydrogen-bond acceptors (Lipinski definition) is 5. The fourth-order valence-electron chi connectivity index (χ4n) is 2.68. The fourth-order valence-corrected chi connectivity index (χ4v) is 4.46. The molecule has 0 aliphatic carbocycles. The maximum atomic E-state index is 12.5. The van der Waals surface area contributed by atoms with Gasteiger partial charge in [-0.05, 0) is 53.8 Å². The van der Waals surface area contributed by atoms with Crippen molar-refractivity contribution in [2.24, 2.45) is 0 Å². The second-order valence-electron chi connectivity index (χ2n) is 6.13. The minimum atomic E-state index is -0.315. The molecule has 1 aliphatic heterocycles. The average molecular weight is 401 g/mol. The van der Waals surface area contributed by atoms with Crippen molar-refractivity contribution in [2.45, 2.75) is 20.3 Å². The summed E-state index contributed by atoms with van der Waals surface area (Å²) in [6, 6.07) is 9.68. The van der Waals surface area contributed by atoms with Crippen LogP contribution in [0.1, 0.15) is 33.3 Å². The van der Waals surface area contributed by atoms with Gasteiger partial charge in [0.05, 0.1) is 9.78 Å². The molecule has 3 rings (SSSR count). The predicted molar refractivity (Wildman–Crippen MR) is 110 cm³/mol. The summed E-state index contributed by atoms with van der Waals surface area (Å²) in [6.07, 6.45) is 2.52. The molecule has 1 aromatic heterocycles. The van der Waals surface area contributed by atoms with Crippen LogP contribution < -0.4 is 5.32 Å². The molecule has 0 radical (unpaired) electrons. The Morgan fingerprint density at radius 1 is 1.19 bits per heavy atom. The lowest BCUT2D eigenvalue weighted by molar-refractivity contribution is -0.122. The number of thioether (sulfide) groups is 1. The quantitative estimate of drug-likeness (QED) is 0.742. The lowest BCUT2D eigenvalue weighted by Gasteiger charge is -2.13. The Balaban J connectivity index is 1.59. The molecule has 5 nitrogen and oxygen atoms in total. The molecule has 2 aromatic rings. The zero-order valence-electron chi connectivity index (χ0n) is 15.2. The standard InChI is InChI=1S/C20H20N2O3S2/c1-3-15-8-11-26-17(15)18(23)21-9-10-22-19(24)16(27-20(22)25)12-14-6-4-13(2)5-7-14/h4-8,11-12H,3,9-10H2,1-2H3,(H,21,23)/b16-12+. The Labute approximate surface area is 166 Å². The van der Waals surface area contributed by atoms with Crippen LogP contribution in [0.25, 0.3) is 6.08 Å². The second kappa shape index (κ2) is 8.54. The molecule has 3 amide bonds. The molecular formula is C20H20N2O3S2. The van der Waals surface area contributed by atoms with Crippen LogP contribution in [0.3, 0.4) is 0 Å². The molecule has 1 N–H and O–H groups in total. The molecule has 1 aliphatic rings. The molecule has 0 spiro atoms. The highest BCUT2D eigenvalue weighted by Gasteiger charge is 2.34. The number of benzene rings is 1. The molecule has 1 aromatic carbocycles. The Bertz CT molecular complexity index is 900. The van der Waals surface area contributed by atoms with Crippen molar-refractivity contribution in [1.29, 1.82) is 0 Å². The highest BCUT2D eigenvalue weighted by molar-refractivity contribution is 8.18. The minimum absolute atomic E-state index is 0.161. The molecule has 27 heavy (non-hydrogen) atoms. The number of hydrogen-bond donors (Lipinski definition) is 1. The third-order valence-corrected chi connectivity index (χ3v) is 6.07. The molecule has 1 fully saturated rings. The molecule has 1 saturated heterocycles. The highest BCUT2D eigenvalue weighted by Crippen LogP contribution is 2.31. The summed E-state index contributed by atoms with van der Waals surface area (Å²) < 4.78 is 0.